The van der Waals surface area contributed by atoms with E-state index in [9.17, 15) is 0 Å². The van der Waals surface area contributed by atoms with Crippen molar-refractivity contribution >= 4 is 12.4 Å². The van der Waals surface area contributed by atoms with Gasteiger partial charge in [-0.25, -0.2) is 4.68 Å². The molecule has 86 valence electrons. The van der Waals surface area contributed by atoms with Gasteiger partial charge < -0.3 is 10.8 Å². The number of aliphatic hydroxyl groups is 1. The molecule has 1 fully saturated rings. The lowest BCUT2D eigenvalue weighted by Crippen LogP contribution is -2.28. The first kappa shape index (κ1) is 12.4. The Morgan fingerprint density at radius 1 is 1.40 bits per heavy atom. The van der Waals surface area contributed by atoms with Gasteiger partial charge in [0, 0.05) is 6.04 Å². The first-order valence-electron chi connectivity index (χ1n) is 5.06. The van der Waals surface area contributed by atoms with E-state index in [-0.39, 0.29) is 19.0 Å². The standard InChI is InChI=1S/C9H16N4O.ClH/c10-7-1-3-9(4-2-7)13-5-8(6-14)11-12-13;/h5,7,9,14H,1-4,6,10H2;1H. The molecule has 0 aliphatic heterocycles. The van der Waals surface area contributed by atoms with Crippen LogP contribution in [0.25, 0.3) is 0 Å². The third-order valence-electron chi connectivity index (χ3n) is 2.84. The Hall–Kier alpha value is -0.650. The highest BCUT2D eigenvalue weighted by molar-refractivity contribution is 5.85. The van der Waals surface area contributed by atoms with Crippen LogP contribution in [0.5, 0.6) is 0 Å². The molecule has 1 heterocycles. The molecule has 0 aromatic carbocycles. The lowest BCUT2D eigenvalue weighted by Gasteiger charge is -2.25. The summed E-state index contributed by atoms with van der Waals surface area (Å²) < 4.78 is 1.86. The van der Waals surface area contributed by atoms with Gasteiger partial charge in [0.25, 0.3) is 0 Å². The van der Waals surface area contributed by atoms with E-state index >= 15 is 0 Å². The van der Waals surface area contributed by atoms with Crippen LogP contribution in [0.3, 0.4) is 0 Å². The van der Waals surface area contributed by atoms with Gasteiger partial charge in [-0.2, -0.15) is 0 Å². The summed E-state index contributed by atoms with van der Waals surface area (Å²) in [5.41, 5.74) is 6.46. The molecule has 1 saturated carbocycles. The maximum Gasteiger partial charge on any atom is 0.108 e. The van der Waals surface area contributed by atoms with E-state index in [0.29, 0.717) is 17.8 Å². The molecule has 0 unspecified atom stereocenters. The Kier molecular flexibility index (Phi) is 4.50. The highest BCUT2D eigenvalue weighted by atomic mass is 35.5. The smallest absolute Gasteiger partial charge is 0.108 e. The van der Waals surface area contributed by atoms with Gasteiger partial charge in [0.05, 0.1) is 18.8 Å². The van der Waals surface area contributed by atoms with E-state index in [1.165, 1.54) is 0 Å². The second-order valence-corrected chi connectivity index (χ2v) is 3.92. The Morgan fingerprint density at radius 3 is 2.60 bits per heavy atom. The summed E-state index contributed by atoms with van der Waals surface area (Å²) >= 11 is 0. The Bertz CT molecular complexity index is 296. The molecule has 0 spiro atoms. The Labute approximate surface area is 95.1 Å². The average molecular weight is 233 g/mol. The zero-order chi connectivity index (χ0) is 9.97. The first-order valence-corrected chi connectivity index (χ1v) is 5.06. The molecule has 2 rings (SSSR count). The number of nitrogens with zero attached hydrogens (tertiary/aromatic N) is 3. The van der Waals surface area contributed by atoms with Gasteiger partial charge in [0.1, 0.15) is 5.69 Å². The van der Waals surface area contributed by atoms with Gasteiger partial charge in [0.15, 0.2) is 0 Å². The third-order valence-corrected chi connectivity index (χ3v) is 2.84. The number of halogens is 1. The largest absolute Gasteiger partial charge is 0.390 e. The zero-order valence-electron chi connectivity index (χ0n) is 8.54. The van der Waals surface area contributed by atoms with Gasteiger partial charge >= 0.3 is 0 Å². The van der Waals surface area contributed by atoms with Crippen LogP contribution >= 0.6 is 12.4 Å². The summed E-state index contributed by atoms with van der Waals surface area (Å²) in [7, 11) is 0. The van der Waals surface area contributed by atoms with Crippen molar-refractivity contribution in [2.24, 2.45) is 5.73 Å². The fourth-order valence-electron chi connectivity index (χ4n) is 1.93. The molecule has 3 N–H and O–H groups in total. The minimum atomic E-state index is -0.0355. The van der Waals surface area contributed by atoms with Gasteiger partial charge in [-0.15, -0.1) is 17.5 Å². The second-order valence-electron chi connectivity index (χ2n) is 3.92. The van der Waals surface area contributed by atoms with Crippen molar-refractivity contribution in [1.29, 1.82) is 0 Å². The SMILES string of the molecule is Cl.NC1CCC(n2cc(CO)nn2)CC1. The van der Waals surface area contributed by atoms with Crippen LogP contribution in [0.1, 0.15) is 37.4 Å². The van der Waals surface area contributed by atoms with Crippen LogP contribution in [-0.2, 0) is 6.61 Å². The lowest BCUT2D eigenvalue weighted by atomic mass is 9.92. The zero-order valence-corrected chi connectivity index (χ0v) is 9.36. The van der Waals surface area contributed by atoms with E-state index in [0.717, 1.165) is 25.7 Å². The molecule has 1 aliphatic rings. The molecule has 1 aliphatic carbocycles. The summed E-state index contributed by atoms with van der Waals surface area (Å²) in [4.78, 5) is 0. The molecule has 1 aromatic heterocycles. The molecule has 0 saturated heterocycles. The van der Waals surface area contributed by atoms with Crippen LogP contribution < -0.4 is 5.73 Å². The average Bonchev–Trinajstić information content (AvgIpc) is 2.67. The van der Waals surface area contributed by atoms with E-state index in [1.54, 1.807) is 0 Å². The van der Waals surface area contributed by atoms with E-state index in [2.05, 4.69) is 10.3 Å². The van der Waals surface area contributed by atoms with E-state index in [1.807, 2.05) is 10.9 Å². The maximum atomic E-state index is 8.86. The number of aromatic nitrogens is 3. The molecule has 15 heavy (non-hydrogen) atoms. The number of hydrogen-bond acceptors (Lipinski definition) is 4. The fourth-order valence-corrected chi connectivity index (χ4v) is 1.93. The summed E-state index contributed by atoms with van der Waals surface area (Å²) in [6.45, 7) is -0.0355. The third kappa shape index (κ3) is 2.90. The van der Waals surface area contributed by atoms with Crippen molar-refractivity contribution < 1.29 is 5.11 Å². The number of rotatable bonds is 2. The Balaban J connectivity index is 0.00000112. The van der Waals surface area contributed by atoms with E-state index in [4.69, 9.17) is 10.8 Å². The summed E-state index contributed by atoms with van der Waals surface area (Å²) in [5, 5.41) is 16.7. The highest BCUT2D eigenvalue weighted by Gasteiger charge is 2.20. The number of nitrogens with two attached hydrogens (primary N) is 1. The van der Waals surface area contributed by atoms with Crippen LogP contribution in [0.2, 0.25) is 0 Å². The van der Waals surface area contributed by atoms with Gasteiger partial charge in [-0.05, 0) is 25.7 Å². The molecule has 0 amide bonds. The minimum absolute atomic E-state index is 0. The van der Waals surface area contributed by atoms with Crippen molar-refractivity contribution in [3.8, 4) is 0 Å². The normalized spacial score (nSPS) is 26.0. The van der Waals surface area contributed by atoms with Crippen LogP contribution in [0, 0.1) is 0 Å². The quantitative estimate of drug-likeness (QED) is 0.785. The van der Waals surface area contributed by atoms with Gasteiger partial charge in [-0.1, -0.05) is 5.21 Å². The molecular formula is C9H17ClN4O. The second kappa shape index (κ2) is 5.44. The van der Waals surface area contributed by atoms with Gasteiger partial charge in [0.2, 0.25) is 0 Å². The minimum Gasteiger partial charge on any atom is -0.390 e. The van der Waals surface area contributed by atoms with E-state index < -0.39 is 0 Å². The van der Waals surface area contributed by atoms with Crippen molar-refractivity contribution in [3.63, 3.8) is 0 Å². The molecule has 0 radical (unpaired) electrons. The summed E-state index contributed by atoms with van der Waals surface area (Å²) in [5.74, 6) is 0. The van der Waals surface area contributed by atoms with Crippen molar-refractivity contribution in [2.45, 2.75) is 44.4 Å². The van der Waals surface area contributed by atoms with Crippen molar-refractivity contribution in [1.82, 2.24) is 15.0 Å². The Morgan fingerprint density at radius 2 is 2.07 bits per heavy atom. The summed E-state index contributed by atoms with van der Waals surface area (Å²) in [6, 6.07) is 0.773. The lowest BCUT2D eigenvalue weighted by molar-refractivity contribution is 0.276. The maximum absolute atomic E-state index is 8.86. The highest BCUT2D eigenvalue weighted by Crippen LogP contribution is 2.26. The monoisotopic (exact) mass is 232 g/mol. The van der Waals surface area contributed by atoms with Crippen LogP contribution in [-0.4, -0.2) is 26.1 Å². The molecule has 6 heteroatoms. The number of aliphatic hydroxyl groups excluding tert-OH is 1. The van der Waals surface area contributed by atoms with Gasteiger partial charge in [-0.3, -0.25) is 0 Å². The predicted octanol–water partition coefficient (Wildman–Crippen LogP) is 0.635. The fraction of sp³-hybridized carbons (Fsp3) is 0.778. The molecule has 0 atom stereocenters. The molecular weight excluding hydrogens is 216 g/mol. The van der Waals surface area contributed by atoms with Crippen molar-refractivity contribution in [3.05, 3.63) is 11.9 Å². The van der Waals surface area contributed by atoms with Crippen LogP contribution in [0.15, 0.2) is 6.20 Å². The summed E-state index contributed by atoms with van der Waals surface area (Å²) in [6.07, 6.45) is 6.06. The topological polar surface area (TPSA) is 77.0 Å². The van der Waals surface area contributed by atoms with Crippen LogP contribution in [0.4, 0.5) is 0 Å². The molecule has 0 bridgehead atoms. The molecule has 1 aromatic rings. The first-order chi connectivity index (χ1) is 6.79. The predicted molar refractivity (Wildman–Crippen MR) is 58.7 cm³/mol. The molecule has 5 nitrogen and oxygen atoms in total. The number of hydrogen-bond donors (Lipinski definition) is 2. The van der Waals surface area contributed by atoms with Crippen molar-refractivity contribution in [2.75, 3.05) is 0 Å².